The smallest absolute Gasteiger partial charge is 0.0417 e. The van der Waals surface area contributed by atoms with Crippen LogP contribution in [-0.2, 0) is 0 Å². The topological polar surface area (TPSA) is 0 Å². The van der Waals surface area contributed by atoms with Crippen LogP contribution in [0.3, 0.4) is 0 Å². The van der Waals surface area contributed by atoms with Gasteiger partial charge >= 0.3 is 0 Å². The van der Waals surface area contributed by atoms with Gasteiger partial charge in [0.15, 0.2) is 0 Å². The first kappa shape index (κ1) is 10.0. The highest BCUT2D eigenvalue weighted by Gasteiger charge is 2.09. The van der Waals surface area contributed by atoms with Crippen molar-refractivity contribution in [2.24, 2.45) is 5.92 Å². The van der Waals surface area contributed by atoms with Crippen molar-refractivity contribution in [1.29, 1.82) is 0 Å². The summed E-state index contributed by atoms with van der Waals surface area (Å²) in [6.07, 6.45) is 8.93. The van der Waals surface area contributed by atoms with Crippen molar-refractivity contribution in [2.75, 3.05) is 0 Å². The van der Waals surface area contributed by atoms with Crippen LogP contribution in [0.15, 0.2) is 0 Å². The van der Waals surface area contributed by atoms with Crippen molar-refractivity contribution in [2.45, 2.75) is 59.3 Å². The summed E-state index contributed by atoms with van der Waals surface area (Å²) in [5, 5.41) is 0. The van der Waals surface area contributed by atoms with Gasteiger partial charge in [-0.1, -0.05) is 59.3 Å². The maximum absolute atomic E-state index is 2.32. The van der Waals surface area contributed by atoms with Gasteiger partial charge in [0.2, 0.25) is 0 Å². The van der Waals surface area contributed by atoms with Crippen LogP contribution in [-0.4, -0.2) is 0 Å². The maximum atomic E-state index is 2.32. The Morgan fingerprint density at radius 1 is 1.00 bits per heavy atom. The van der Waals surface area contributed by atoms with Gasteiger partial charge in [0.1, 0.15) is 0 Å². The quantitative estimate of drug-likeness (QED) is 0.519. The van der Waals surface area contributed by atoms with E-state index in [0.717, 1.165) is 5.92 Å². The Morgan fingerprint density at radius 3 is 1.80 bits per heavy atom. The monoisotopic (exact) mass is 142 g/mol. The SMILES string of the molecule is CC.CCC1CCCCC1. The summed E-state index contributed by atoms with van der Waals surface area (Å²) in [7, 11) is 0. The Labute approximate surface area is 66.0 Å². The molecule has 1 fully saturated rings. The third-order valence-corrected chi connectivity index (χ3v) is 2.30. The van der Waals surface area contributed by atoms with E-state index < -0.39 is 0 Å². The molecule has 0 nitrogen and oxygen atoms in total. The van der Waals surface area contributed by atoms with E-state index in [1.54, 1.807) is 0 Å². The van der Waals surface area contributed by atoms with Crippen LogP contribution in [0.4, 0.5) is 0 Å². The van der Waals surface area contributed by atoms with E-state index in [1.807, 2.05) is 13.8 Å². The first-order valence-electron chi connectivity index (χ1n) is 4.93. The van der Waals surface area contributed by atoms with E-state index in [1.165, 1.54) is 38.5 Å². The van der Waals surface area contributed by atoms with E-state index >= 15 is 0 Å². The summed E-state index contributed by atoms with van der Waals surface area (Å²) in [5.74, 6) is 1.09. The average molecular weight is 142 g/mol. The van der Waals surface area contributed by atoms with Crippen molar-refractivity contribution in [3.8, 4) is 0 Å². The minimum atomic E-state index is 1.09. The zero-order chi connectivity index (χ0) is 7.82. The predicted octanol–water partition coefficient (Wildman–Crippen LogP) is 4.00. The molecule has 0 heterocycles. The lowest BCUT2D eigenvalue weighted by Gasteiger charge is -2.18. The van der Waals surface area contributed by atoms with Crippen molar-refractivity contribution in [3.63, 3.8) is 0 Å². The van der Waals surface area contributed by atoms with Gasteiger partial charge in [-0.2, -0.15) is 0 Å². The van der Waals surface area contributed by atoms with Crippen molar-refractivity contribution >= 4 is 0 Å². The molecule has 1 rings (SSSR count). The molecule has 0 saturated heterocycles. The molecule has 0 aliphatic heterocycles. The fourth-order valence-corrected chi connectivity index (χ4v) is 1.60. The first-order valence-corrected chi connectivity index (χ1v) is 4.93. The van der Waals surface area contributed by atoms with Crippen molar-refractivity contribution in [1.82, 2.24) is 0 Å². The van der Waals surface area contributed by atoms with E-state index in [-0.39, 0.29) is 0 Å². The highest BCUT2D eigenvalue weighted by atomic mass is 14.2. The summed E-state index contributed by atoms with van der Waals surface area (Å²) >= 11 is 0. The molecule has 0 amide bonds. The molecule has 0 heteroatoms. The van der Waals surface area contributed by atoms with Gasteiger partial charge in [-0.05, 0) is 5.92 Å². The lowest BCUT2D eigenvalue weighted by molar-refractivity contribution is 0.349. The van der Waals surface area contributed by atoms with Gasteiger partial charge in [-0.25, -0.2) is 0 Å². The lowest BCUT2D eigenvalue weighted by atomic mass is 9.88. The number of hydrogen-bond donors (Lipinski definition) is 0. The second kappa shape index (κ2) is 7.11. The molecule has 62 valence electrons. The fourth-order valence-electron chi connectivity index (χ4n) is 1.60. The molecule has 0 atom stereocenters. The molecule has 1 saturated carbocycles. The van der Waals surface area contributed by atoms with Crippen LogP contribution in [0.1, 0.15) is 59.3 Å². The highest BCUT2D eigenvalue weighted by molar-refractivity contribution is 4.63. The lowest BCUT2D eigenvalue weighted by Crippen LogP contribution is -2.03. The molecular formula is C10H22. The molecule has 10 heavy (non-hydrogen) atoms. The van der Waals surface area contributed by atoms with Crippen molar-refractivity contribution in [3.05, 3.63) is 0 Å². The summed E-state index contributed by atoms with van der Waals surface area (Å²) in [6.45, 7) is 6.32. The largest absolute Gasteiger partial charge is 0.0683 e. The molecule has 0 aromatic rings. The molecule has 1 aliphatic carbocycles. The minimum absolute atomic E-state index is 1.09. The maximum Gasteiger partial charge on any atom is -0.0417 e. The van der Waals surface area contributed by atoms with Gasteiger partial charge in [0, 0.05) is 0 Å². The summed E-state index contributed by atoms with van der Waals surface area (Å²) < 4.78 is 0. The Morgan fingerprint density at radius 2 is 1.50 bits per heavy atom. The third kappa shape index (κ3) is 3.92. The van der Waals surface area contributed by atoms with Crippen LogP contribution in [0.5, 0.6) is 0 Å². The zero-order valence-electron chi connectivity index (χ0n) is 7.82. The molecule has 0 spiro atoms. The first-order chi connectivity index (χ1) is 4.93. The van der Waals surface area contributed by atoms with Gasteiger partial charge in [0.25, 0.3) is 0 Å². The molecule has 0 aromatic heterocycles. The van der Waals surface area contributed by atoms with E-state index in [2.05, 4.69) is 6.92 Å². The van der Waals surface area contributed by atoms with Gasteiger partial charge < -0.3 is 0 Å². The molecular weight excluding hydrogens is 120 g/mol. The molecule has 1 aliphatic rings. The standard InChI is InChI=1S/C8H16.C2H6/c1-2-8-6-4-3-5-7-8;1-2/h8H,2-7H2,1H3;1-2H3. The van der Waals surface area contributed by atoms with Crippen LogP contribution >= 0.6 is 0 Å². The van der Waals surface area contributed by atoms with E-state index in [4.69, 9.17) is 0 Å². The average Bonchev–Trinajstić information content (AvgIpc) is 2.10. The second-order valence-electron chi connectivity index (χ2n) is 2.91. The number of hydrogen-bond acceptors (Lipinski definition) is 0. The zero-order valence-corrected chi connectivity index (χ0v) is 7.82. The minimum Gasteiger partial charge on any atom is -0.0683 e. The highest BCUT2D eigenvalue weighted by Crippen LogP contribution is 2.25. The summed E-state index contributed by atoms with van der Waals surface area (Å²) in [6, 6.07) is 0. The molecule has 0 bridgehead atoms. The van der Waals surface area contributed by atoms with E-state index in [0.29, 0.717) is 0 Å². The summed E-state index contributed by atoms with van der Waals surface area (Å²) in [4.78, 5) is 0. The molecule has 0 unspecified atom stereocenters. The second-order valence-corrected chi connectivity index (χ2v) is 2.91. The van der Waals surface area contributed by atoms with Gasteiger partial charge in [-0.3, -0.25) is 0 Å². The van der Waals surface area contributed by atoms with Crippen LogP contribution in [0.2, 0.25) is 0 Å². The Kier molecular flexibility index (Phi) is 7.11. The van der Waals surface area contributed by atoms with Gasteiger partial charge in [-0.15, -0.1) is 0 Å². The normalized spacial score (nSPS) is 19.5. The Hall–Kier alpha value is 0. The molecule has 0 N–H and O–H groups in total. The Balaban J connectivity index is 0.000000371. The molecule has 0 radical (unpaired) electrons. The Bertz CT molecular complexity index is 51.1. The van der Waals surface area contributed by atoms with Crippen LogP contribution in [0.25, 0.3) is 0 Å². The summed E-state index contributed by atoms with van der Waals surface area (Å²) in [5.41, 5.74) is 0. The third-order valence-electron chi connectivity index (χ3n) is 2.30. The van der Waals surface area contributed by atoms with Crippen molar-refractivity contribution < 1.29 is 0 Å². The van der Waals surface area contributed by atoms with Gasteiger partial charge in [0.05, 0.1) is 0 Å². The van der Waals surface area contributed by atoms with Crippen LogP contribution in [0, 0.1) is 5.92 Å². The fraction of sp³-hybridized carbons (Fsp3) is 1.00. The number of rotatable bonds is 1. The molecule has 0 aromatic carbocycles. The van der Waals surface area contributed by atoms with Crippen LogP contribution < -0.4 is 0 Å². The van der Waals surface area contributed by atoms with E-state index in [9.17, 15) is 0 Å². The predicted molar refractivity (Wildman–Crippen MR) is 48.2 cm³/mol.